The van der Waals surface area contributed by atoms with Crippen molar-refractivity contribution in [2.24, 2.45) is 0 Å². The minimum absolute atomic E-state index is 0.218. The van der Waals surface area contributed by atoms with Crippen molar-refractivity contribution >= 4 is 5.69 Å². The number of ether oxygens (including phenoxy) is 1. The fourth-order valence-electron chi connectivity index (χ4n) is 2.49. The third kappa shape index (κ3) is 3.10. The van der Waals surface area contributed by atoms with Crippen LogP contribution in [0.25, 0.3) is 0 Å². The zero-order valence-electron chi connectivity index (χ0n) is 11.4. The van der Waals surface area contributed by atoms with Crippen molar-refractivity contribution in [3.8, 4) is 5.75 Å². The van der Waals surface area contributed by atoms with Crippen molar-refractivity contribution in [3.63, 3.8) is 0 Å². The predicted molar refractivity (Wildman–Crippen MR) is 78.6 cm³/mol. The second kappa shape index (κ2) is 5.95. The molecule has 0 unspecified atom stereocenters. The molecule has 0 aliphatic carbocycles. The van der Waals surface area contributed by atoms with Gasteiger partial charge in [-0.3, -0.25) is 0 Å². The Kier molecular flexibility index (Phi) is 3.86. The molecule has 2 nitrogen and oxygen atoms in total. The Balaban J connectivity index is 1.65. The maximum Gasteiger partial charge on any atom is 0.123 e. The molecular weight excluding hydrogens is 253 g/mol. The monoisotopic (exact) mass is 271 g/mol. The van der Waals surface area contributed by atoms with E-state index >= 15 is 0 Å². The van der Waals surface area contributed by atoms with Gasteiger partial charge in [0.15, 0.2) is 0 Å². The highest BCUT2D eigenvalue weighted by Gasteiger charge is 2.12. The maximum atomic E-state index is 12.8. The molecule has 0 saturated carbocycles. The quantitative estimate of drug-likeness (QED) is 0.833. The van der Waals surface area contributed by atoms with Crippen LogP contribution in [0.15, 0.2) is 48.5 Å². The minimum Gasteiger partial charge on any atom is -0.489 e. The van der Waals surface area contributed by atoms with Crippen LogP contribution < -0.4 is 9.64 Å². The van der Waals surface area contributed by atoms with Crippen molar-refractivity contribution in [1.29, 1.82) is 0 Å². The van der Waals surface area contributed by atoms with E-state index in [1.54, 1.807) is 12.1 Å². The van der Waals surface area contributed by atoms with Gasteiger partial charge in [0.25, 0.3) is 0 Å². The molecule has 0 radical (unpaired) electrons. The first-order valence-corrected chi connectivity index (χ1v) is 7.03. The van der Waals surface area contributed by atoms with Gasteiger partial charge in [-0.25, -0.2) is 4.39 Å². The smallest absolute Gasteiger partial charge is 0.123 e. The van der Waals surface area contributed by atoms with Crippen molar-refractivity contribution in [3.05, 3.63) is 59.9 Å². The summed E-state index contributed by atoms with van der Waals surface area (Å²) in [6.07, 6.45) is 2.53. The van der Waals surface area contributed by atoms with E-state index in [9.17, 15) is 4.39 Å². The van der Waals surface area contributed by atoms with Crippen LogP contribution in [-0.4, -0.2) is 13.1 Å². The molecule has 20 heavy (non-hydrogen) atoms. The van der Waals surface area contributed by atoms with Gasteiger partial charge >= 0.3 is 0 Å². The number of hydrogen-bond donors (Lipinski definition) is 0. The molecule has 3 rings (SSSR count). The Bertz CT molecular complexity index is 561. The van der Waals surface area contributed by atoms with E-state index in [0.717, 1.165) is 24.4 Å². The number of rotatable bonds is 4. The third-order valence-corrected chi connectivity index (χ3v) is 3.61. The van der Waals surface area contributed by atoms with E-state index in [0.29, 0.717) is 6.61 Å². The summed E-state index contributed by atoms with van der Waals surface area (Å²) in [5.41, 5.74) is 2.19. The van der Waals surface area contributed by atoms with Crippen molar-refractivity contribution < 1.29 is 9.13 Å². The van der Waals surface area contributed by atoms with Crippen molar-refractivity contribution in [2.75, 3.05) is 18.0 Å². The molecule has 1 aliphatic rings. The third-order valence-electron chi connectivity index (χ3n) is 3.61. The van der Waals surface area contributed by atoms with Crippen molar-refractivity contribution in [2.45, 2.75) is 19.4 Å². The topological polar surface area (TPSA) is 12.5 Å². The van der Waals surface area contributed by atoms with Crippen LogP contribution in [0.3, 0.4) is 0 Å². The summed E-state index contributed by atoms with van der Waals surface area (Å²) in [5, 5.41) is 0. The molecule has 0 amide bonds. The Morgan fingerprint density at radius 1 is 1.00 bits per heavy atom. The molecule has 0 aromatic heterocycles. The van der Waals surface area contributed by atoms with Crippen molar-refractivity contribution in [1.82, 2.24) is 0 Å². The fraction of sp³-hybridized carbons (Fsp3) is 0.294. The Hall–Kier alpha value is -2.03. The molecule has 1 heterocycles. The largest absolute Gasteiger partial charge is 0.489 e. The molecule has 1 fully saturated rings. The molecule has 2 aromatic carbocycles. The summed E-state index contributed by atoms with van der Waals surface area (Å²) in [6.45, 7) is 2.71. The molecule has 0 atom stereocenters. The highest BCUT2D eigenvalue weighted by atomic mass is 19.1. The maximum absolute atomic E-state index is 12.8. The lowest BCUT2D eigenvalue weighted by Crippen LogP contribution is -2.17. The summed E-state index contributed by atoms with van der Waals surface area (Å²) in [7, 11) is 0. The van der Waals surface area contributed by atoms with Gasteiger partial charge in [0.05, 0.1) is 0 Å². The van der Waals surface area contributed by atoms with Gasteiger partial charge in [-0.15, -0.1) is 0 Å². The van der Waals surface area contributed by atoms with Gasteiger partial charge in [-0.2, -0.15) is 0 Å². The molecule has 3 heteroatoms. The number of hydrogen-bond acceptors (Lipinski definition) is 2. The summed E-state index contributed by atoms with van der Waals surface area (Å²) in [4.78, 5) is 2.38. The highest BCUT2D eigenvalue weighted by molar-refractivity contribution is 5.51. The molecular formula is C17H18FNO. The van der Waals surface area contributed by atoms with Gasteiger partial charge in [0, 0.05) is 24.8 Å². The van der Waals surface area contributed by atoms with E-state index in [2.05, 4.69) is 17.0 Å². The van der Waals surface area contributed by atoms with Crippen LogP contribution in [-0.2, 0) is 6.61 Å². The lowest BCUT2D eigenvalue weighted by Gasteiger charge is -2.18. The SMILES string of the molecule is Fc1ccc(COc2cccc(N3CCCC3)c2)cc1. The van der Waals surface area contributed by atoms with E-state index < -0.39 is 0 Å². The molecule has 2 aromatic rings. The Labute approximate surface area is 118 Å². The standard InChI is InChI=1S/C17H18FNO/c18-15-8-6-14(7-9-15)13-20-17-5-3-4-16(12-17)19-10-1-2-11-19/h3-9,12H,1-2,10-11,13H2. The summed E-state index contributed by atoms with van der Waals surface area (Å²) in [6, 6.07) is 14.6. The predicted octanol–water partition coefficient (Wildman–Crippen LogP) is 4.00. The van der Waals surface area contributed by atoms with Gasteiger partial charge in [-0.05, 0) is 42.7 Å². The fourth-order valence-corrected chi connectivity index (χ4v) is 2.49. The molecule has 1 saturated heterocycles. The number of anilines is 1. The van der Waals surface area contributed by atoms with Crippen LogP contribution in [0, 0.1) is 5.82 Å². The highest BCUT2D eigenvalue weighted by Crippen LogP contribution is 2.25. The average Bonchev–Trinajstić information content (AvgIpc) is 3.01. The summed E-state index contributed by atoms with van der Waals surface area (Å²) in [5.74, 6) is 0.642. The number of benzene rings is 2. The van der Waals surface area contributed by atoms with Crippen LogP contribution in [0.1, 0.15) is 18.4 Å². The molecule has 0 spiro atoms. The Morgan fingerprint density at radius 2 is 1.75 bits per heavy atom. The zero-order chi connectivity index (χ0) is 13.8. The normalized spacial score (nSPS) is 14.6. The van der Waals surface area contributed by atoms with Gasteiger partial charge in [0.2, 0.25) is 0 Å². The van der Waals surface area contributed by atoms with E-state index in [-0.39, 0.29) is 5.82 Å². The molecule has 1 aliphatic heterocycles. The summed E-state index contributed by atoms with van der Waals surface area (Å²) >= 11 is 0. The lowest BCUT2D eigenvalue weighted by atomic mass is 10.2. The first-order chi connectivity index (χ1) is 9.81. The second-order valence-electron chi connectivity index (χ2n) is 5.11. The summed E-state index contributed by atoms with van der Waals surface area (Å²) < 4.78 is 18.6. The van der Waals surface area contributed by atoms with E-state index in [1.165, 1.54) is 30.7 Å². The first kappa shape index (κ1) is 13.0. The van der Waals surface area contributed by atoms with E-state index in [1.807, 2.05) is 12.1 Å². The minimum atomic E-state index is -0.218. The van der Waals surface area contributed by atoms with Gasteiger partial charge in [-0.1, -0.05) is 18.2 Å². The van der Waals surface area contributed by atoms with Crippen LogP contribution in [0.4, 0.5) is 10.1 Å². The molecule has 104 valence electrons. The second-order valence-corrected chi connectivity index (χ2v) is 5.11. The molecule has 0 N–H and O–H groups in total. The van der Waals surface area contributed by atoms with Crippen LogP contribution in [0.2, 0.25) is 0 Å². The average molecular weight is 271 g/mol. The Morgan fingerprint density at radius 3 is 2.50 bits per heavy atom. The lowest BCUT2D eigenvalue weighted by molar-refractivity contribution is 0.306. The number of halogens is 1. The van der Waals surface area contributed by atoms with E-state index in [4.69, 9.17) is 4.74 Å². The van der Waals surface area contributed by atoms with Crippen LogP contribution >= 0.6 is 0 Å². The molecule has 0 bridgehead atoms. The number of nitrogens with zero attached hydrogens (tertiary/aromatic N) is 1. The van der Waals surface area contributed by atoms with Gasteiger partial charge < -0.3 is 9.64 Å². The zero-order valence-corrected chi connectivity index (χ0v) is 11.4. The van der Waals surface area contributed by atoms with Gasteiger partial charge in [0.1, 0.15) is 18.2 Å². The van der Waals surface area contributed by atoms with Crippen LogP contribution in [0.5, 0.6) is 5.75 Å². The first-order valence-electron chi connectivity index (χ1n) is 7.03.